The van der Waals surface area contributed by atoms with E-state index in [9.17, 15) is 13.2 Å². The van der Waals surface area contributed by atoms with E-state index in [4.69, 9.17) is 0 Å². The van der Waals surface area contributed by atoms with Gasteiger partial charge in [0.15, 0.2) is 0 Å². The number of carbonyl (C=O) groups is 1. The maximum atomic E-state index is 12.7. The molecule has 1 saturated carbocycles. The molecule has 0 heterocycles. The number of likely N-dealkylation sites (N-methyl/N-ethyl adjacent to an activating group) is 2. The van der Waals surface area contributed by atoms with Crippen molar-refractivity contribution in [1.29, 1.82) is 0 Å². The number of hydrogen-bond acceptors (Lipinski definition) is 4. The Kier molecular flexibility index (Phi) is 7.50. The summed E-state index contributed by atoms with van der Waals surface area (Å²) < 4.78 is 27.6. The summed E-state index contributed by atoms with van der Waals surface area (Å²) in [6.45, 7) is 1.47. The first-order valence-electron chi connectivity index (χ1n) is 10.5. The lowest BCUT2D eigenvalue weighted by Gasteiger charge is -2.32. The molecule has 0 aromatic heterocycles. The van der Waals surface area contributed by atoms with Gasteiger partial charge in [0.05, 0.1) is 4.90 Å². The first kappa shape index (κ1) is 22.3. The van der Waals surface area contributed by atoms with Crippen molar-refractivity contribution in [3.63, 3.8) is 0 Å². The number of rotatable bonds is 8. The Hall–Kier alpha value is -2.38. The predicted octanol–water partition coefficient (Wildman–Crippen LogP) is 3.82. The highest BCUT2D eigenvalue weighted by Gasteiger charge is 2.20. The van der Waals surface area contributed by atoms with Crippen LogP contribution < -0.4 is 4.72 Å². The van der Waals surface area contributed by atoms with Crippen LogP contribution in [0.3, 0.4) is 0 Å². The quantitative estimate of drug-likeness (QED) is 0.693. The molecule has 0 radical (unpaired) electrons. The standard InChI is InChI=1S/C23H31N3O3S/c1-25(21-11-7-4-8-12-21)17-18-26(2)23(27)19-13-15-22(16-14-19)30(28,29)24-20-9-5-3-6-10-20/h3,5-6,9-10,13-16,21,24H,4,7-8,11-12,17-18H2,1-2H3. The van der Waals surface area contributed by atoms with Crippen molar-refractivity contribution in [2.45, 2.75) is 43.0 Å². The number of carbonyl (C=O) groups excluding carboxylic acids is 1. The van der Waals surface area contributed by atoms with Crippen LogP contribution >= 0.6 is 0 Å². The fourth-order valence-electron chi connectivity index (χ4n) is 3.83. The normalized spacial score (nSPS) is 15.2. The van der Waals surface area contributed by atoms with Crippen LogP contribution in [0.2, 0.25) is 0 Å². The molecule has 0 spiro atoms. The topological polar surface area (TPSA) is 69.7 Å². The molecule has 0 aliphatic heterocycles. The van der Waals surface area contributed by atoms with Gasteiger partial charge in [-0.25, -0.2) is 8.42 Å². The van der Waals surface area contributed by atoms with Gasteiger partial charge in [0.2, 0.25) is 0 Å². The van der Waals surface area contributed by atoms with E-state index in [0.29, 0.717) is 23.8 Å². The minimum absolute atomic E-state index is 0.105. The van der Waals surface area contributed by atoms with E-state index < -0.39 is 10.0 Å². The zero-order valence-electron chi connectivity index (χ0n) is 17.8. The van der Waals surface area contributed by atoms with E-state index in [1.807, 2.05) is 6.07 Å². The number of amides is 1. The van der Waals surface area contributed by atoms with Crippen LogP contribution in [0.1, 0.15) is 42.5 Å². The van der Waals surface area contributed by atoms with Crippen molar-refractivity contribution in [2.24, 2.45) is 0 Å². The maximum Gasteiger partial charge on any atom is 0.261 e. The smallest absolute Gasteiger partial charge is 0.261 e. The molecular weight excluding hydrogens is 398 g/mol. The lowest BCUT2D eigenvalue weighted by Crippen LogP contribution is -2.40. The zero-order valence-corrected chi connectivity index (χ0v) is 18.6. The lowest BCUT2D eigenvalue weighted by atomic mass is 9.94. The van der Waals surface area contributed by atoms with Gasteiger partial charge in [-0.05, 0) is 56.3 Å². The molecule has 2 aromatic rings. The Morgan fingerprint density at radius 1 is 0.933 bits per heavy atom. The van der Waals surface area contributed by atoms with Gasteiger partial charge in [0.25, 0.3) is 15.9 Å². The highest BCUT2D eigenvalue weighted by molar-refractivity contribution is 7.92. The summed E-state index contributed by atoms with van der Waals surface area (Å²) >= 11 is 0. The molecule has 1 aliphatic rings. The summed E-state index contributed by atoms with van der Waals surface area (Å²) in [6.07, 6.45) is 6.38. The van der Waals surface area contributed by atoms with Gasteiger partial charge < -0.3 is 9.80 Å². The van der Waals surface area contributed by atoms with Crippen molar-refractivity contribution >= 4 is 21.6 Å². The van der Waals surface area contributed by atoms with Crippen LogP contribution in [0.25, 0.3) is 0 Å². The van der Waals surface area contributed by atoms with Gasteiger partial charge in [-0.2, -0.15) is 0 Å². The van der Waals surface area contributed by atoms with Crippen LogP contribution in [-0.4, -0.2) is 57.4 Å². The third-order valence-electron chi connectivity index (χ3n) is 5.77. The van der Waals surface area contributed by atoms with Gasteiger partial charge in [0, 0.05) is 37.4 Å². The third-order valence-corrected chi connectivity index (χ3v) is 7.17. The highest BCUT2D eigenvalue weighted by atomic mass is 32.2. The first-order valence-corrected chi connectivity index (χ1v) is 12.0. The molecule has 1 aliphatic carbocycles. The van der Waals surface area contributed by atoms with Crippen molar-refractivity contribution < 1.29 is 13.2 Å². The van der Waals surface area contributed by atoms with Crippen molar-refractivity contribution in [3.05, 3.63) is 60.2 Å². The van der Waals surface area contributed by atoms with Crippen LogP contribution in [0.4, 0.5) is 5.69 Å². The number of hydrogen-bond donors (Lipinski definition) is 1. The Morgan fingerprint density at radius 3 is 2.20 bits per heavy atom. The SMILES string of the molecule is CN(CCN(C)C1CCCCC1)C(=O)c1ccc(S(=O)(=O)Nc2ccccc2)cc1. The fourth-order valence-corrected chi connectivity index (χ4v) is 4.89. The van der Waals surface area contributed by atoms with E-state index >= 15 is 0 Å². The number of anilines is 1. The monoisotopic (exact) mass is 429 g/mol. The summed E-state index contributed by atoms with van der Waals surface area (Å²) in [6, 6.07) is 15.4. The summed E-state index contributed by atoms with van der Waals surface area (Å²) in [5.41, 5.74) is 0.982. The predicted molar refractivity (Wildman–Crippen MR) is 120 cm³/mol. The van der Waals surface area contributed by atoms with E-state index in [1.54, 1.807) is 48.3 Å². The summed E-state index contributed by atoms with van der Waals surface area (Å²) in [5.74, 6) is -0.105. The molecule has 1 N–H and O–H groups in total. The van der Waals surface area contributed by atoms with Crippen molar-refractivity contribution in [3.8, 4) is 0 Å². The van der Waals surface area contributed by atoms with Gasteiger partial charge in [0.1, 0.15) is 0 Å². The molecule has 2 aromatic carbocycles. The van der Waals surface area contributed by atoms with E-state index in [1.165, 1.54) is 44.2 Å². The Balaban J connectivity index is 1.57. The van der Waals surface area contributed by atoms with E-state index in [0.717, 1.165) is 6.54 Å². The molecule has 1 amide bonds. The molecule has 1 fully saturated rings. The van der Waals surface area contributed by atoms with Gasteiger partial charge >= 0.3 is 0 Å². The van der Waals surface area contributed by atoms with Crippen molar-refractivity contribution in [1.82, 2.24) is 9.80 Å². The second-order valence-corrected chi connectivity index (χ2v) is 9.68. The van der Waals surface area contributed by atoms with Gasteiger partial charge in [-0.15, -0.1) is 0 Å². The minimum atomic E-state index is -3.69. The average Bonchev–Trinajstić information content (AvgIpc) is 2.77. The Labute approximate surface area is 179 Å². The summed E-state index contributed by atoms with van der Waals surface area (Å²) in [5, 5.41) is 0. The molecule has 7 heteroatoms. The Bertz CT molecular complexity index is 924. The minimum Gasteiger partial charge on any atom is -0.340 e. The van der Waals surface area contributed by atoms with Crippen LogP contribution in [0, 0.1) is 0 Å². The number of sulfonamides is 1. The van der Waals surface area contributed by atoms with Gasteiger partial charge in [-0.1, -0.05) is 37.5 Å². The molecule has 0 atom stereocenters. The molecule has 0 saturated heterocycles. The number of benzene rings is 2. The number of para-hydroxylation sites is 1. The third kappa shape index (κ3) is 5.83. The Morgan fingerprint density at radius 2 is 1.57 bits per heavy atom. The van der Waals surface area contributed by atoms with Crippen LogP contribution in [-0.2, 0) is 10.0 Å². The lowest BCUT2D eigenvalue weighted by molar-refractivity contribution is 0.0767. The zero-order chi connectivity index (χ0) is 21.6. The molecular formula is C23H31N3O3S. The van der Waals surface area contributed by atoms with Crippen LogP contribution in [0.15, 0.2) is 59.5 Å². The molecule has 6 nitrogen and oxygen atoms in total. The highest BCUT2D eigenvalue weighted by Crippen LogP contribution is 2.21. The first-order chi connectivity index (χ1) is 14.4. The average molecular weight is 430 g/mol. The van der Waals surface area contributed by atoms with E-state index in [2.05, 4.69) is 16.7 Å². The second-order valence-electron chi connectivity index (χ2n) is 8.00. The number of nitrogens with one attached hydrogen (secondary N) is 1. The molecule has 0 bridgehead atoms. The molecule has 162 valence electrons. The van der Waals surface area contributed by atoms with Gasteiger partial charge in [-0.3, -0.25) is 9.52 Å². The van der Waals surface area contributed by atoms with Crippen molar-refractivity contribution in [2.75, 3.05) is 31.9 Å². The second kappa shape index (κ2) is 10.1. The largest absolute Gasteiger partial charge is 0.340 e. The number of nitrogens with zero attached hydrogens (tertiary/aromatic N) is 2. The fraction of sp³-hybridized carbons (Fsp3) is 0.435. The molecule has 3 rings (SSSR count). The van der Waals surface area contributed by atoms with E-state index in [-0.39, 0.29) is 10.8 Å². The molecule has 0 unspecified atom stereocenters. The maximum absolute atomic E-state index is 12.7. The molecule has 30 heavy (non-hydrogen) atoms. The summed E-state index contributed by atoms with van der Waals surface area (Å²) in [4.78, 5) is 16.9. The van der Waals surface area contributed by atoms with Crippen LogP contribution in [0.5, 0.6) is 0 Å². The summed E-state index contributed by atoms with van der Waals surface area (Å²) in [7, 11) is 0.231.